The van der Waals surface area contributed by atoms with Crippen LogP contribution in [0.15, 0.2) is 60.7 Å². The molecular formula is C36H47NO8. The van der Waals surface area contributed by atoms with Gasteiger partial charge in [0.2, 0.25) is 11.9 Å². The maximum Gasteiger partial charge on any atom is 0.510 e. The lowest BCUT2D eigenvalue weighted by atomic mass is 9.85. The topological polar surface area (TPSA) is 111 Å². The van der Waals surface area contributed by atoms with E-state index in [1.165, 1.54) is 43.3 Å². The maximum atomic E-state index is 14.6. The third-order valence-electron chi connectivity index (χ3n) is 10.4. The lowest BCUT2D eigenvalue weighted by Gasteiger charge is -2.47. The predicted octanol–water partition coefficient (Wildman–Crippen LogP) is 5.38. The third-order valence-corrected chi connectivity index (χ3v) is 10.4. The molecule has 9 nitrogen and oxygen atoms in total. The molecule has 1 aliphatic carbocycles. The van der Waals surface area contributed by atoms with Gasteiger partial charge in [-0.1, -0.05) is 74.0 Å². The summed E-state index contributed by atoms with van der Waals surface area (Å²) in [5.41, 5.74) is -0.318. The number of carbonyl (C=O) groups excluding carboxylic acids is 3. The van der Waals surface area contributed by atoms with Crippen LogP contribution >= 0.6 is 0 Å². The number of piperidine rings is 1. The van der Waals surface area contributed by atoms with Crippen molar-refractivity contribution in [2.45, 2.75) is 120 Å². The Kier molecular flexibility index (Phi) is 11.2. The lowest BCUT2D eigenvalue weighted by molar-refractivity contribution is -0.956. The van der Waals surface area contributed by atoms with E-state index in [2.05, 4.69) is 0 Å². The number of nitrogens with zero attached hydrogens (tertiary/aromatic N) is 1. The largest absolute Gasteiger partial charge is 0.554 e. The minimum absolute atomic E-state index is 0.134. The number of benzene rings is 2. The molecule has 0 N–H and O–H groups in total. The highest BCUT2D eigenvalue weighted by Crippen LogP contribution is 2.47. The summed E-state index contributed by atoms with van der Waals surface area (Å²) in [4.78, 5) is 35.7. The SMILES string of the molecule is CCC(OC(=O)OC1CCCCC1)OC(C(=O)OC1CC2CCC(C1)[N+]21CCCC1)(c1ccccc1)c1ccccc1.O=C[O-]. The van der Waals surface area contributed by atoms with Crippen LogP contribution in [0.4, 0.5) is 4.79 Å². The van der Waals surface area contributed by atoms with Crippen molar-refractivity contribution in [2.24, 2.45) is 0 Å². The molecule has 3 saturated heterocycles. The van der Waals surface area contributed by atoms with Crippen LogP contribution in [0.25, 0.3) is 0 Å². The van der Waals surface area contributed by atoms with Crippen LogP contribution in [0.3, 0.4) is 0 Å². The molecule has 6 rings (SSSR count). The second-order valence-electron chi connectivity index (χ2n) is 12.9. The van der Waals surface area contributed by atoms with Crippen molar-refractivity contribution in [3.05, 3.63) is 71.8 Å². The van der Waals surface area contributed by atoms with E-state index in [0.29, 0.717) is 29.6 Å². The van der Waals surface area contributed by atoms with Crippen LogP contribution in [0, 0.1) is 0 Å². The van der Waals surface area contributed by atoms with Gasteiger partial charge in [-0.15, -0.1) is 0 Å². The molecule has 244 valence electrons. The quantitative estimate of drug-likeness (QED) is 0.159. The Hall–Kier alpha value is -3.43. The van der Waals surface area contributed by atoms with E-state index in [4.69, 9.17) is 28.8 Å². The summed E-state index contributed by atoms with van der Waals surface area (Å²) >= 11 is 0. The molecule has 0 amide bonds. The average Bonchev–Trinajstić information content (AvgIpc) is 3.61. The van der Waals surface area contributed by atoms with Crippen molar-refractivity contribution in [1.29, 1.82) is 0 Å². The molecule has 1 spiro atoms. The molecular weight excluding hydrogens is 574 g/mol. The fourth-order valence-corrected chi connectivity index (χ4v) is 8.32. The van der Waals surface area contributed by atoms with Gasteiger partial charge in [0.25, 0.3) is 0 Å². The zero-order valence-corrected chi connectivity index (χ0v) is 26.4. The molecule has 2 aromatic carbocycles. The monoisotopic (exact) mass is 621 g/mol. The first-order valence-corrected chi connectivity index (χ1v) is 16.7. The first-order valence-electron chi connectivity index (χ1n) is 16.7. The Morgan fingerprint density at radius 1 is 0.822 bits per heavy atom. The van der Waals surface area contributed by atoms with Gasteiger partial charge in [0, 0.05) is 51.4 Å². The van der Waals surface area contributed by atoms with E-state index in [1.54, 1.807) is 0 Å². The molecule has 0 radical (unpaired) electrons. The number of quaternary nitrogens is 1. The van der Waals surface area contributed by atoms with Crippen molar-refractivity contribution in [3.8, 4) is 0 Å². The fraction of sp³-hybridized carbons (Fsp3) is 0.583. The summed E-state index contributed by atoms with van der Waals surface area (Å²) < 4.78 is 25.8. The van der Waals surface area contributed by atoms with E-state index < -0.39 is 30.5 Å². The maximum absolute atomic E-state index is 14.6. The van der Waals surface area contributed by atoms with E-state index >= 15 is 0 Å². The number of carbonyl (C=O) groups is 3. The van der Waals surface area contributed by atoms with Crippen molar-refractivity contribution < 1.29 is 42.9 Å². The molecule has 45 heavy (non-hydrogen) atoms. The molecule has 2 aromatic rings. The number of hydrogen-bond acceptors (Lipinski definition) is 8. The minimum atomic E-state index is -1.61. The molecule has 3 unspecified atom stereocenters. The van der Waals surface area contributed by atoms with Gasteiger partial charge in [-0.3, -0.25) is 0 Å². The number of esters is 1. The van der Waals surface area contributed by atoms with Crippen LogP contribution in [0.1, 0.15) is 95.1 Å². The standard InChI is InChI=1S/C35H46NO6.CH2O2/c1-2-32(41-34(38)40-30-18-10-5-11-19-30)42-35(26-14-6-3-7-15-26,27-16-8-4-9-17-27)33(37)39-31-24-28-20-21-29(25-31)36(28)22-12-13-23-36;2-1-3/h3-4,6-9,14-17,28-32H,2,5,10-13,18-25H2,1H3;1H,(H,2,3)/q+1;/p-1. The van der Waals surface area contributed by atoms with Gasteiger partial charge in [-0.05, 0) is 36.8 Å². The molecule has 3 aliphatic heterocycles. The van der Waals surface area contributed by atoms with Gasteiger partial charge >= 0.3 is 12.1 Å². The van der Waals surface area contributed by atoms with Gasteiger partial charge in [-0.25, -0.2) is 9.59 Å². The van der Waals surface area contributed by atoms with Crippen molar-refractivity contribution >= 4 is 18.6 Å². The van der Waals surface area contributed by atoms with E-state index in [9.17, 15) is 9.59 Å². The molecule has 3 heterocycles. The summed E-state index contributed by atoms with van der Waals surface area (Å²) in [6.07, 6.45) is 10.1. The van der Waals surface area contributed by atoms with Crippen molar-refractivity contribution in [1.82, 2.24) is 0 Å². The minimum Gasteiger partial charge on any atom is -0.554 e. The Balaban J connectivity index is 0.00000128. The zero-order chi connectivity index (χ0) is 31.7. The fourth-order valence-electron chi connectivity index (χ4n) is 8.32. The van der Waals surface area contributed by atoms with Gasteiger partial charge in [0.1, 0.15) is 12.2 Å². The van der Waals surface area contributed by atoms with Gasteiger partial charge in [0.15, 0.2) is 0 Å². The summed E-state index contributed by atoms with van der Waals surface area (Å²) in [5, 5.41) is 8.25. The molecule has 4 fully saturated rings. The first-order chi connectivity index (χ1) is 21.9. The molecule has 9 heteroatoms. The smallest absolute Gasteiger partial charge is 0.510 e. The number of carboxylic acid groups (broad SMARTS) is 1. The van der Waals surface area contributed by atoms with Crippen molar-refractivity contribution in [3.63, 3.8) is 0 Å². The van der Waals surface area contributed by atoms with Crippen LogP contribution in [-0.2, 0) is 34.1 Å². The highest BCUT2D eigenvalue weighted by molar-refractivity contribution is 5.86. The molecule has 0 aromatic heterocycles. The Morgan fingerprint density at radius 2 is 1.36 bits per heavy atom. The molecule has 4 aliphatic rings. The highest BCUT2D eigenvalue weighted by Gasteiger charge is 2.57. The van der Waals surface area contributed by atoms with E-state index in [-0.39, 0.29) is 12.2 Å². The lowest BCUT2D eigenvalue weighted by Crippen LogP contribution is -2.60. The van der Waals surface area contributed by atoms with Crippen LogP contribution in [0.2, 0.25) is 0 Å². The molecule has 3 atom stereocenters. The Labute approximate surface area is 266 Å². The van der Waals surface area contributed by atoms with Gasteiger partial charge in [-0.2, -0.15) is 0 Å². The summed E-state index contributed by atoms with van der Waals surface area (Å²) in [6, 6.07) is 20.1. The second kappa shape index (κ2) is 15.2. The first kappa shape index (κ1) is 32.9. The van der Waals surface area contributed by atoms with E-state index in [0.717, 1.165) is 44.9 Å². The zero-order valence-electron chi connectivity index (χ0n) is 26.4. The van der Waals surface area contributed by atoms with Crippen LogP contribution in [0.5, 0.6) is 0 Å². The van der Waals surface area contributed by atoms with Crippen LogP contribution in [-0.4, -0.2) is 66.8 Å². The molecule has 1 saturated carbocycles. The number of hydrogen-bond donors (Lipinski definition) is 0. The third kappa shape index (κ3) is 7.20. The van der Waals surface area contributed by atoms with Crippen LogP contribution < -0.4 is 5.11 Å². The Morgan fingerprint density at radius 3 is 1.87 bits per heavy atom. The average molecular weight is 622 g/mol. The number of rotatable bonds is 9. The number of ether oxygens (including phenoxy) is 4. The molecule has 2 bridgehead atoms. The predicted molar refractivity (Wildman–Crippen MR) is 164 cm³/mol. The highest BCUT2D eigenvalue weighted by atomic mass is 16.8. The summed E-state index contributed by atoms with van der Waals surface area (Å²) in [5.74, 6) is -0.457. The van der Waals surface area contributed by atoms with Gasteiger partial charge in [0.05, 0.1) is 25.2 Å². The van der Waals surface area contributed by atoms with Crippen molar-refractivity contribution in [2.75, 3.05) is 13.1 Å². The van der Waals surface area contributed by atoms with E-state index in [1.807, 2.05) is 67.6 Å². The normalized spacial score (nSPS) is 24.6. The summed E-state index contributed by atoms with van der Waals surface area (Å²) in [6.45, 7) is 3.91. The second-order valence-corrected chi connectivity index (χ2v) is 12.9. The van der Waals surface area contributed by atoms with Gasteiger partial charge < -0.3 is 33.3 Å². The Bertz CT molecular complexity index is 1190. The summed E-state index contributed by atoms with van der Waals surface area (Å²) in [7, 11) is 0.